The van der Waals surface area contributed by atoms with Crippen molar-refractivity contribution in [2.75, 3.05) is 39.4 Å². The first kappa shape index (κ1) is 22.7. The van der Waals surface area contributed by atoms with Gasteiger partial charge >= 0.3 is 0 Å². The summed E-state index contributed by atoms with van der Waals surface area (Å²) < 4.78 is 6.25. The molecule has 0 aliphatic carbocycles. The molecule has 2 aromatic carbocycles. The van der Waals surface area contributed by atoms with Gasteiger partial charge in [-0.25, -0.2) is 0 Å². The molecule has 0 aromatic heterocycles. The smallest absolute Gasteiger partial charge is 0.295 e. The molecule has 2 saturated heterocycles. The van der Waals surface area contributed by atoms with Crippen LogP contribution < -0.4 is 0 Å². The number of carbonyl (C=O) groups excluding carboxylic acids is 2. The fourth-order valence-electron chi connectivity index (χ4n) is 4.29. The van der Waals surface area contributed by atoms with Crippen LogP contribution in [0.5, 0.6) is 0 Å². The first-order chi connectivity index (χ1) is 15.5. The molecular formula is C25H27BrN2O4. The number of aliphatic hydroxyl groups is 1. The van der Waals surface area contributed by atoms with Crippen molar-refractivity contribution in [3.63, 3.8) is 0 Å². The zero-order chi connectivity index (χ0) is 22.7. The Labute approximate surface area is 196 Å². The molecule has 1 unspecified atom stereocenters. The Bertz CT molecular complexity index is 1030. The highest BCUT2D eigenvalue weighted by atomic mass is 79.9. The van der Waals surface area contributed by atoms with Crippen LogP contribution in [0.3, 0.4) is 0 Å². The van der Waals surface area contributed by atoms with Crippen molar-refractivity contribution in [3.05, 3.63) is 75.3 Å². The van der Waals surface area contributed by atoms with Gasteiger partial charge in [0.2, 0.25) is 0 Å². The van der Waals surface area contributed by atoms with Crippen molar-refractivity contribution in [1.29, 1.82) is 0 Å². The zero-order valence-electron chi connectivity index (χ0n) is 18.1. The standard InChI is InChI=1S/C25H27BrN2O4/c1-17-6-8-18(9-7-17)23(29)21-22(19-4-2-5-20(26)16-19)28(25(31)24(21)30)11-3-10-27-12-14-32-15-13-27/h2,4-9,16,22,29H,3,10-15H2,1H3. The van der Waals surface area contributed by atoms with E-state index in [1.54, 1.807) is 17.0 Å². The summed E-state index contributed by atoms with van der Waals surface area (Å²) in [6.07, 6.45) is 0.738. The number of nitrogens with zero attached hydrogens (tertiary/aromatic N) is 2. The van der Waals surface area contributed by atoms with Crippen LogP contribution in [0.1, 0.15) is 29.2 Å². The van der Waals surface area contributed by atoms with Gasteiger partial charge in [0, 0.05) is 36.2 Å². The number of benzene rings is 2. The summed E-state index contributed by atoms with van der Waals surface area (Å²) in [5.41, 5.74) is 2.51. The Balaban J connectivity index is 1.67. The van der Waals surface area contributed by atoms with E-state index in [-0.39, 0.29) is 11.3 Å². The molecule has 0 saturated carbocycles. The second-order valence-electron chi connectivity index (χ2n) is 8.22. The minimum atomic E-state index is -0.639. The maximum atomic E-state index is 13.1. The van der Waals surface area contributed by atoms with Crippen molar-refractivity contribution in [2.45, 2.75) is 19.4 Å². The van der Waals surface area contributed by atoms with E-state index >= 15 is 0 Å². The fraction of sp³-hybridized carbons (Fsp3) is 0.360. The average molecular weight is 499 g/mol. The van der Waals surface area contributed by atoms with Crippen molar-refractivity contribution in [2.24, 2.45) is 0 Å². The second kappa shape index (κ2) is 9.98. The van der Waals surface area contributed by atoms with E-state index in [0.717, 1.165) is 54.9 Å². The molecule has 2 fully saturated rings. The number of ketones is 1. The lowest BCUT2D eigenvalue weighted by Gasteiger charge is -2.29. The molecular weight excluding hydrogens is 472 g/mol. The zero-order valence-corrected chi connectivity index (χ0v) is 19.7. The van der Waals surface area contributed by atoms with Crippen LogP contribution in [-0.2, 0) is 14.3 Å². The number of halogens is 1. The predicted molar refractivity (Wildman–Crippen MR) is 126 cm³/mol. The van der Waals surface area contributed by atoms with Gasteiger partial charge in [-0.1, -0.05) is 57.9 Å². The van der Waals surface area contributed by atoms with Crippen LogP contribution in [0.4, 0.5) is 0 Å². The molecule has 2 aliphatic heterocycles. The van der Waals surface area contributed by atoms with Crippen LogP contribution in [0.15, 0.2) is 58.6 Å². The third kappa shape index (κ3) is 4.80. The van der Waals surface area contributed by atoms with Gasteiger partial charge in [0.25, 0.3) is 11.7 Å². The highest BCUT2D eigenvalue weighted by Crippen LogP contribution is 2.40. The molecule has 6 nitrogen and oxygen atoms in total. The Morgan fingerprint density at radius 2 is 1.81 bits per heavy atom. The summed E-state index contributed by atoms with van der Waals surface area (Å²) in [5.74, 6) is -1.34. The summed E-state index contributed by atoms with van der Waals surface area (Å²) in [7, 11) is 0. The minimum Gasteiger partial charge on any atom is -0.507 e. The third-order valence-electron chi connectivity index (χ3n) is 6.01. The van der Waals surface area contributed by atoms with E-state index in [4.69, 9.17) is 4.74 Å². The number of hydrogen-bond donors (Lipinski definition) is 1. The monoisotopic (exact) mass is 498 g/mol. The van der Waals surface area contributed by atoms with Crippen LogP contribution >= 0.6 is 15.9 Å². The molecule has 0 radical (unpaired) electrons. The van der Waals surface area contributed by atoms with E-state index < -0.39 is 17.7 Å². The Morgan fingerprint density at radius 3 is 2.50 bits per heavy atom. The van der Waals surface area contributed by atoms with Gasteiger partial charge in [0.15, 0.2) is 0 Å². The van der Waals surface area contributed by atoms with Gasteiger partial charge in [-0.3, -0.25) is 14.5 Å². The Morgan fingerprint density at radius 1 is 1.09 bits per heavy atom. The number of rotatable bonds is 6. The number of hydrogen-bond acceptors (Lipinski definition) is 5. The first-order valence-electron chi connectivity index (χ1n) is 10.9. The average Bonchev–Trinajstić information content (AvgIpc) is 3.05. The normalized spacial score (nSPS) is 21.3. The number of carbonyl (C=O) groups is 2. The number of amides is 1. The van der Waals surface area contributed by atoms with Gasteiger partial charge < -0.3 is 14.7 Å². The highest BCUT2D eigenvalue weighted by Gasteiger charge is 2.45. The van der Waals surface area contributed by atoms with Crippen LogP contribution in [0, 0.1) is 6.92 Å². The lowest BCUT2D eigenvalue weighted by molar-refractivity contribution is -0.140. The number of Topliss-reactive ketones (excluding diaryl/α,β-unsaturated/α-hetero) is 1. The Kier molecular flexibility index (Phi) is 7.08. The van der Waals surface area contributed by atoms with Crippen molar-refractivity contribution in [3.8, 4) is 0 Å². The van der Waals surface area contributed by atoms with Gasteiger partial charge in [-0.15, -0.1) is 0 Å². The van der Waals surface area contributed by atoms with Crippen LogP contribution in [0.2, 0.25) is 0 Å². The lowest BCUT2D eigenvalue weighted by atomic mass is 9.95. The van der Waals surface area contributed by atoms with E-state index in [1.165, 1.54) is 0 Å². The molecule has 0 bridgehead atoms. The topological polar surface area (TPSA) is 70.1 Å². The molecule has 2 aliphatic rings. The maximum Gasteiger partial charge on any atom is 0.295 e. The fourth-order valence-corrected chi connectivity index (χ4v) is 4.71. The number of likely N-dealkylation sites (tertiary alicyclic amines) is 1. The molecule has 7 heteroatoms. The van der Waals surface area contributed by atoms with Crippen molar-refractivity contribution >= 4 is 33.4 Å². The number of ether oxygens (including phenoxy) is 1. The molecule has 1 amide bonds. The molecule has 1 N–H and O–H groups in total. The summed E-state index contributed by atoms with van der Waals surface area (Å²) in [6.45, 7) is 6.42. The number of aryl methyl sites for hydroxylation is 1. The molecule has 2 heterocycles. The first-order valence-corrected chi connectivity index (χ1v) is 11.7. The highest BCUT2D eigenvalue weighted by molar-refractivity contribution is 9.10. The predicted octanol–water partition coefficient (Wildman–Crippen LogP) is 3.90. The van der Waals surface area contributed by atoms with E-state index in [2.05, 4.69) is 20.8 Å². The summed E-state index contributed by atoms with van der Waals surface area (Å²) in [5, 5.41) is 11.1. The summed E-state index contributed by atoms with van der Waals surface area (Å²) >= 11 is 3.49. The van der Waals surface area contributed by atoms with Gasteiger partial charge in [-0.05, 0) is 31.0 Å². The van der Waals surface area contributed by atoms with E-state index in [1.807, 2.05) is 43.3 Å². The summed E-state index contributed by atoms with van der Waals surface area (Å²) in [6, 6.07) is 14.2. The van der Waals surface area contributed by atoms with Gasteiger partial charge in [0.05, 0.1) is 24.8 Å². The third-order valence-corrected chi connectivity index (χ3v) is 6.50. The van der Waals surface area contributed by atoms with E-state index in [9.17, 15) is 14.7 Å². The van der Waals surface area contributed by atoms with E-state index in [0.29, 0.717) is 12.1 Å². The number of aliphatic hydroxyl groups excluding tert-OH is 1. The number of morpholine rings is 1. The molecule has 32 heavy (non-hydrogen) atoms. The summed E-state index contributed by atoms with van der Waals surface area (Å²) in [4.78, 5) is 30.0. The molecule has 168 valence electrons. The van der Waals surface area contributed by atoms with Crippen molar-refractivity contribution < 1.29 is 19.4 Å². The Hall–Kier alpha value is -2.48. The minimum absolute atomic E-state index is 0.135. The largest absolute Gasteiger partial charge is 0.507 e. The van der Waals surface area contributed by atoms with Gasteiger partial charge in [-0.2, -0.15) is 0 Å². The maximum absolute atomic E-state index is 13.1. The molecule has 0 spiro atoms. The SMILES string of the molecule is Cc1ccc(C(O)=C2C(=O)C(=O)N(CCCN3CCOCC3)C2c2cccc(Br)c2)cc1. The lowest BCUT2D eigenvalue weighted by Crippen LogP contribution is -2.38. The van der Waals surface area contributed by atoms with Crippen LogP contribution in [0.25, 0.3) is 5.76 Å². The molecule has 2 aromatic rings. The quantitative estimate of drug-likeness (QED) is 0.371. The second-order valence-corrected chi connectivity index (χ2v) is 9.14. The van der Waals surface area contributed by atoms with Gasteiger partial charge in [0.1, 0.15) is 5.76 Å². The molecule has 1 atom stereocenters. The van der Waals surface area contributed by atoms with Crippen molar-refractivity contribution in [1.82, 2.24) is 9.80 Å². The molecule has 4 rings (SSSR count). The van der Waals surface area contributed by atoms with Crippen LogP contribution in [-0.4, -0.2) is 66.0 Å².